The van der Waals surface area contributed by atoms with Gasteiger partial charge in [0, 0.05) is 44.5 Å². The van der Waals surface area contributed by atoms with Crippen LogP contribution in [0.5, 0.6) is 0 Å². The summed E-state index contributed by atoms with van der Waals surface area (Å²) in [7, 11) is 3.62. The number of rotatable bonds is 4. The summed E-state index contributed by atoms with van der Waals surface area (Å²) in [5.41, 5.74) is 1.40. The quantitative estimate of drug-likeness (QED) is 0.808. The molecule has 0 aliphatic carbocycles. The number of ether oxygens (including phenoxy) is 1. The Morgan fingerprint density at radius 3 is 2.46 bits per heavy atom. The Morgan fingerprint density at radius 1 is 1.36 bits per heavy atom. The standard InChI is InChI=1S/C16H24N2O2S.C2HF3O2/c1-11-4-5-21-15(11)10-18-8-12-6-13(20-14(12)9-18)7-16(19)17(2)3;3-2(4,5)1(6)7/h4-5,12-14H,6-10H2,1-3H3;(H,6,7)/t12-,13+,14+;/m0./s1. The number of alkyl halides is 3. The summed E-state index contributed by atoms with van der Waals surface area (Å²) in [4.78, 5) is 26.3. The van der Waals surface area contributed by atoms with E-state index in [1.54, 1.807) is 4.90 Å². The van der Waals surface area contributed by atoms with Crippen LogP contribution in [-0.2, 0) is 20.9 Å². The number of carbonyl (C=O) groups excluding carboxylic acids is 1. The van der Waals surface area contributed by atoms with Crippen LogP contribution in [0.25, 0.3) is 0 Å². The number of fused-ring (bicyclic) bond motifs is 1. The van der Waals surface area contributed by atoms with Crippen LogP contribution in [0.4, 0.5) is 13.2 Å². The molecule has 2 aliphatic heterocycles. The molecule has 3 rings (SSSR count). The number of carbonyl (C=O) groups is 2. The van der Waals surface area contributed by atoms with Crippen molar-refractivity contribution in [3.05, 3.63) is 21.9 Å². The molecule has 2 fully saturated rings. The number of carboxylic acid groups (broad SMARTS) is 1. The third-order valence-electron chi connectivity index (χ3n) is 4.87. The summed E-state index contributed by atoms with van der Waals surface area (Å²) >= 11 is 1.84. The zero-order valence-corrected chi connectivity index (χ0v) is 16.8. The summed E-state index contributed by atoms with van der Waals surface area (Å²) in [6.45, 7) is 5.34. The van der Waals surface area contributed by atoms with E-state index in [9.17, 15) is 18.0 Å². The summed E-state index contributed by atoms with van der Waals surface area (Å²) < 4.78 is 37.8. The van der Waals surface area contributed by atoms with Gasteiger partial charge in [0.2, 0.25) is 5.91 Å². The number of halogens is 3. The topological polar surface area (TPSA) is 70.1 Å². The predicted octanol–water partition coefficient (Wildman–Crippen LogP) is 2.76. The molecule has 0 aromatic carbocycles. The van der Waals surface area contributed by atoms with Gasteiger partial charge in [0.1, 0.15) is 0 Å². The third kappa shape index (κ3) is 6.18. The van der Waals surface area contributed by atoms with Crippen molar-refractivity contribution in [1.29, 1.82) is 0 Å². The maximum absolute atomic E-state index is 11.8. The Hall–Kier alpha value is -1.65. The molecule has 0 bridgehead atoms. The second-order valence-electron chi connectivity index (χ2n) is 7.31. The van der Waals surface area contributed by atoms with Crippen LogP contribution in [0, 0.1) is 12.8 Å². The van der Waals surface area contributed by atoms with Gasteiger partial charge in [-0.05, 0) is 30.4 Å². The zero-order valence-electron chi connectivity index (χ0n) is 16.0. The van der Waals surface area contributed by atoms with E-state index in [2.05, 4.69) is 23.3 Å². The number of aliphatic carboxylic acids is 1. The Morgan fingerprint density at radius 2 is 2.00 bits per heavy atom. The highest BCUT2D eigenvalue weighted by atomic mass is 32.1. The monoisotopic (exact) mass is 422 g/mol. The molecule has 1 aromatic heterocycles. The Balaban J connectivity index is 0.000000345. The van der Waals surface area contributed by atoms with Crippen LogP contribution in [0.15, 0.2) is 11.4 Å². The van der Waals surface area contributed by atoms with E-state index in [-0.39, 0.29) is 12.0 Å². The number of aryl methyl sites for hydroxylation is 1. The third-order valence-corrected chi connectivity index (χ3v) is 5.88. The van der Waals surface area contributed by atoms with Crippen molar-refractivity contribution in [3.63, 3.8) is 0 Å². The van der Waals surface area contributed by atoms with Gasteiger partial charge in [-0.3, -0.25) is 9.69 Å². The molecule has 3 heterocycles. The van der Waals surface area contributed by atoms with E-state index in [4.69, 9.17) is 14.6 Å². The van der Waals surface area contributed by atoms with Gasteiger partial charge in [0.15, 0.2) is 0 Å². The van der Waals surface area contributed by atoms with Crippen molar-refractivity contribution >= 4 is 23.2 Å². The van der Waals surface area contributed by atoms with Crippen LogP contribution >= 0.6 is 11.3 Å². The van der Waals surface area contributed by atoms with Crippen LogP contribution in [0.3, 0.4) is 0 Å². The smallest absolute Gasteiger partial charge is 0.475 e. The summed E-state index contributed by atoms with van der Waals surface area (Å²) in [6, 6.07) is 2.19. The lowest BCUT2D eigenvalue weighted by Gasteiger charge is -2.19. The first-order valence-corrected chi connectivity index (χ1v) is 9.76. The number of nitrogens with zero attached hydrogens (tertiary/aromatic N) is 2. The van der Waals surface area contributed by atoms with Gasteiger partial charge >= 0.3 is 12.1 Å². The maximum atomic E-state index is 11.8. The second kappa shape index (κ2) is 9.23. The van der Waals surface area contributed by atoms with E-state index in [1.807, 2.05) is 25.4 Å². The fourth-order valence-corrected chi connectivity index (χ4v) is 4.30. The summed E-state index contributed by atoms with van der Waals surface area (Å²) in [5, 5.41) is 9.29. The maximum Gasteiger partial charge on any atom is 0.490 e. The van der Waals surface area contributed by atoms with Crippen molar-refractivity contribution in [2.24, 2.45) is 5.92 Å². The van der Waals surface area contributed by atoms with Crippen LogP contribution in [-0.4, -0.2) is 72.4 Å². The van der Waals surface area contributed by atoms with Crippen molar-refractivity contribution in [2.45, 2.75) is 44.7 Å². The van der Waals surface area contributed by atoms with E-state index in [0.717, 1.165) is 26.1 Å². The fourth-order valence-electron chi connectivity index (χ4n) is 3.36. The van der Waals surface area contributed by atoms with Crippen LogP contribution in [0.1, 0.15) is 23.3 Å². The van der Waals surface area contributed by atoms with Crippen LogP contribution in [0.2, 0.25) is 0 Å². The number of hydrogen-bond donors (Lipinski definition) is 1. The Bertz CT molecular complexity index is 679. The molecule has 0 spiro atoms. The molecule has 28 heavy (non-hydrogen) atoms. The van der Waals surface area contributed by atoms with Gasteiger partial charge < -0.3 is 14.7 Å². The predicted molar refractivity (Wildman–Crippen MR) is 98.1 cm³/mol. The normalized spacial score (nSPS) is 24.4. The number of carboxylic acids is 1. The minimum atomic E-state index is -5.08. The fraction of sp³-hybridized carbons (Fsp3) is 0.667. The molecule has 158 valence electrons. The highest BCUT2D eigenvalue weighted by molar-refractivity contribution is 7.10. The highest BCUT2D eigenvalue weighted by Crippen LogP contribution is 2.35. The Labute approximate surface area is 165 Å². The second-order valence-corrected chi connectivity index (χ2v) is 8.31. The number of hydrogen-bond acceptors (Lipinski definition) is 5. The van der Waals surface area contributed by atoms with Gasteiger partial charge in [-0.25, -0.2) is 4.79 Å². The molecule has 2 saturated heterocycles. The lowest BCUT2D eigenvalue weighted by atomic mass is 10.0. The molecular formula is C18H25F3N2O4S. The first-order valence-electron chi connectivity index (χ1n) is 8.88. The van der Waals surface area contributed by atoms with Crippen molar-refractivity contribution in [3.8, 4) is 0 Å². The van der Waals surface area contributed by atoms with Crippen molar-refractivity contribution in [2.75, 3.05) is 27.2 Å². The van der Waals surface area contributed by atoms with E-state index < -0.39 is 12.1 Å². The number of thiophene rings is 1. The number of amides is 1. The van der Waals surface area contributed by atoms with Crippen molar-refractivity contribution in [1.82, 2.24) is 9.80 Å². The highest BCUT2D eigenvalue weighted by Gasteiger charge is 2.42. The summed E-state index contributed by atoms with van der Waals surface area (Å²) in [5.74, 6) is -1.98. The summed E-state index contributed by atoms with van der Waals surface area (Å²) in [6.07, 6.45) is -3.07. The van der Waals surface area contributed by atoms with Gasteiger partial charge in [-0.2, -0.15) is 13.2 Å². The largest absolute Gasteiger partial charge is 0.490 e. The molecule has 0 radical (unpaired) electrons. The molecular weight excluding hydrogens is 397 g/mol. The minimum absolute atomic E-state index is 0.125. The lowest BCUT2D eigenvalue weighted by Crippen LogP contribution is -2.29. The molecule has 3 atom stereocenters. The van der Waals surface area contributed by atoms with Gasteiger partial charge in [0.05, 0.1) is 18.6 Å². The lowest BCUT2D eigenvalue weighted by molar-refractivity contribution is -0.192. The van der Waals surface area contributed by atoms with Gasteiger partial charge in [-0.15, -0.1) is 11.3 Å². The van der Waals surface area contributed by atoms with E-state index in [1.165, 1.54) is 10.4 Å². The molecule has 1 N–H and O–H groups in total. The number of likely N-dealkylation sites (tertiary alicyclic amines) is 1. The molecule has 1 aromatic rings. The molecule has 0 unspecified atom stereocenters. The molecule has 10 heteroatoms. The molecule has 0 saturated carbocycles. The van der Waals surface area contributed by atoms with E-state index >= 15 is 0 Å². The average Bonchev–Trinajstić information content (AvgIpc) is 3.23. The first-order chi connectivity index (χ1) is 13.0. The minimum Gasteiger partial charge on any atom is -0.475 e. The van der Waals surface area contributed by atoms with Crippen LogP contribution < -0.4 is 0 Å². The van der Waals surface area contributed by atoms with Crippen molar-refractivity contribution < 1.29 is 32.6 Å². The van der Waals surface area contributed by atoms with E-state index in [0.29, 0.717) is 18.4 Å². The van der Waals surface area contributed by atoms with Gasteiger partial charge in [-0.1, -0.05) is 0 Å². The zero-order chi connectivity index (χ0) is 21.1. The SMILES string of the molecule is Cc1ccsc1CN1C[C@@H]2C[C@H](CC(=O)N(C)C)O[C@@H]2C1.O=C(O)C(F)(F)F. The molecule has 1 amide bonds. The molecule has 6 nitrogen and oxygen atoms in total. The average molecular weight is 422 g/mol. The Kier molecular flexibility index (Phi) is 7.46. The molecule has 2 aliphatic rings. The van der Waals surface area contributed by atoms with Gasteiger partial charge in [0.25, 0.3) is 0 Å². The first kappa shape index (κ1) is 22.6.